The first-order valence-corrected chi connectivity index (χ1v) is 11.4. The van der Waals surface area contributed by atoms with E-state index in [1.165, 1.54) is 37.0 Å². The van der Waals surface area contributed by atoms with Crippen LogP contribution in [0.1, 0.15) is 76.2 Å². The maximum Gasteiger partial charge on any atom is 0.273 e. The third kappa shape index (κ3) is 4.93. The van der Waals surface area contributed by atoms with Crippen LogP contribution in [-0.2, 0) is 9.59 Å². The molecule has 1 saturated carbocycles. The minimum atomic E-state index is -0.398. The molecular weight excluding hydrogens is 417 g/mol. The summed E-state index contributed by atoms with van der Waals surface area (Å²) in [6.07, 6.45) is 12.3. The Bertz CT molecular complexity index is 763. The number of carbonyl (C=O) groups is 2. The van der Waals surface area contributed by atoms with Crippen LogP contribution in [0.5, 0.6) is 0 Å². The number of imide groups is 1. The SMILES string of the molecule is O=C1C(Cl)=C(c2ccc(Cl)cc2Cl)C(=O)N1C1CCCCCCCCCCC1. The van der Waals surface area contributed by atoms with E-state index in [0.717, 1.165) is 38.5 Å². The second-order valence-electron chi connectivity index (χ2n) is 7.71. The summed E-state index contributed by atoms with van der Waals surface area (Å²) in [6, 6.07) is 4.76. The second kappa shape index (κ2) is 10.1. The predicted molar refractivity (Wildman–Crippen MR) is 116 cm³/mol. The molecule has 3 rings (SSSR count). The molecule has 0 saturated heterocycles. The molecule has 0 spiro atoms. The van der Waals surface area contributed by atoms with Crippen LogP contribution in [0.15, 0.2) is 23.2 Å². The van der Waals surface area contributed by atoms with Gasteiger partial charge < -0.3 is 0 Å². The molecule has 0 N–H and O–H groups in total. The molecule has 1 aromatic carbocycles. The monoisotopic (exact) mass is 441 g/mol. The fourth-order valence-electron chi connectivity index (χ4n) is 4.18. The molecule has 0 bridgehead atoms. The van der Waals surface area contributed by atoms with Gasteiger partial charge in [0.15, 0.2) is 0 Å². The maximum absolute atomic E-state index is 13.2. The van der Waals surface area contributed by atoms with Gasteiger partial charge in [-0.05, 0) is 25.0 Å². The number of hydrogen-bond acceptors (Lipinski definition) is 2. The van der Waals surface area contributed by atoms with Crippen molar-refractivity contribution < 1.29 is 9.59 Å². The summed E-state index contributed by atoms with van der Waals surface area (Å²) in [7, 11) is 0. The summed E-state index contributed by atoms with van der Waals surface area (Å²) in [5.41, 5.74) is 0.657. The van der Waals surface area contributed by atoms with E-state index in [9.17, 15) is 9.59 Å². The lowest BCUT2D eigenvalue weighted by molar-refractivity contribution is -0.139. The van der Waals surface area contributed by atoms with Crippen molar-refractivity contribution in [1.82, 2.24) is 4.90 Å². The average Bonchev–Trinajstić information content (AvgIpc) is 2.86. The number of amides is 2. The first kappa shape index (κ1) is 21.7. The number of nitrogens with zero attached hydrogens (tertiary/aromatic N) is 1. The highest BCUT2D eigenvalue weighted by molar-refractivity contribution is 6.55. The van der Waals surface area contributed by atoms with Gasteiger partial charge in [-0.1, -0.05) is 98.7 Å². The summed E-state index contributed by atoms with van der Waals surface area (Å²) in [5, 5.41) is 0.751. The number of benzene rings is 1. The summed E-state index contributed by atoms with van der Waals surface area (Å²) >= 11 is 18.6. The van der Waals surface area contributed by atoms with E-state index in [1.807, 2.05) is 0 Å². The van der Waals surface area contributed by atoms with E-state index < -0.39 is 5.91 Å². The first-order chi connectivity index (χ1) is 13.5. The fourth-order valence-corrected chi connectivity index (χ4v) is 4.95. The molecular formula is C22H26Cl3NO2. The Labute approximate surface area is 182 Å². The molecule has 1 fully saturated rings. The minimum Gasteiger partial charge on any atom is -0.270 e. The van der Waals surface area contributed by atoms with Crippen LogP contribution in [-0.4, -0.2) is 22.8 Å². The summed E-state index contributed by atoms with van der Waals surface area (Å²) in [6.45, 7) is 0. The van der Waals surface area contributed by atoms with Gasteiger partial charge in [0.25, 0.3) is 11.8 Å². The largest absolute Gasteiger partial charge is 0.273 e. The molecule has 28 heavy (non-hydrogen) atoms. The van der Waals surface area contributed by atoms with Crippen LogP contribution in [0, 0.1) is 0 Å². The Morgan fingerprint density at radius 3 is 1.82 bits per heavy atom. The number of hydrogen-bond donors (Lipinski definition) is 0. The molecule has 1 aliphatic carbocycles. The summed E-state index contributed by atoms with van der Waals surface area (Å²) < 4.78 is 0. The quantitative estimate of drug-likeness (QED) is 0.463. The highest BCUT2D eigenvalue weighted by Crippen LogP contribution is 2.38. The highest BCUT2D eigenvalue weighted by Gasteiger charge is 2.42. The third-order valence-corrected chi connectivity index (χ3v) is 6.60. The molecule has 0 unspecified atom stereocenters. The summed E-state index contributed by atoms with van der Waals surface area (Å²) in [4.78, 5) is 27.5. The Balaban J connectivity index is 1.81. The van der Waals surface area contributed by atoms with Crippen LogP contribution in [0.4, 0.5) is 0 Å². The van der Waals surface area contributed by atoms with E-state index in [2.05, 4.69) is 0 Å². The van der Waals surface area contributed by atoms with Gasteiger partial charge in [-0.25, -0.2) is 0 Å². The van der Waals surface area contributed by atoms with Gasteiger partial charge in [0.05, 0.1) is 10.6 Å². The Morgan fingerprint density at radius 1 is 0.750 bits per heavy atom. The number of carbonyl (C=O) groups excluding carboxylic acids is 2. The van der Waals surface area contributed by atoms with Crippen molar-refractivity contribution in [1.29, 1.82) is 0 Å². The lowest BCUT2D eigenvalue weighted by Gasteiger charge is -2.27. The summed E-state index contributed by atoms with van der Waals surface area (Å²) in [5.74, 6) is -0.735. The van der Waals surface area contributed by atoms with Gasteiger partial charge in [0.1, 0.15) is 5.03 Å². The third-order valence-electron chi connectivity index (χ3n) is 5.70. The second-order valence-corrected chi connectivity index (χ2v) is 8.93. The smallest absolute Gasteiger partial charge is 0.270 e. The molecule has 0 atom stereocenters. The van der Waals surface area contributed by atoms with Crippen LogP contribution in [0.3, 0.4) is 0 Å². The molecule has 2 aliphatic rings. The predicted octanol–water partition coefficient (Wildman–Crippen LogP) is 6.99. The van der Waals surface area contributed by atoms with Crippen LogP contribution >= 0.6 is 34.8 Å². The topological polar surface area (TPSA) is 37.4 Å². The first-order valence-electron chi connectivity index (χ1n) is 10.2. The zero-order valence-corrected chi connectivity index (χ0v) is 18.3. The number of halogens is 3. The van der Waals surface area contributed by atoms with Gasteiger partial charge in [-0.15, -0.1) is 0 Å². The van der Waals surface area contributed by atoms with E-state index in [1.54, 1.807) is 18.2 Å². The van der Waals surface area contributed by atoms with Crippen molar-refractivity contribution in [3.05, 3.63) is 38.8 Å². The minimum absolute atomic E-state index is 0.0414. The van der Waals surface area contributed by atoms with Gasteiger partial charge in [0, 0.05) is 16.6 Å². The fraction of sp³-hybridized carbons (Fsp3) is 0.545. The van der Waals surface area contributed by atoms with Crippen molar-refractivity contribution in [2.24, 2.45) is 0 Å². The molecule has 1 aliphatic heterocycles. The molecule has 1 heterocycles. The van der Waals surface area contributed by atoms with E-state index in [0.29, 0.717) is 15.6 Å². The van der Waals surface area contributed by atoms with Gasteiger partial charge in [-0.2, -0.15) is 0 Å². The van der Waals surface area contributed by atoms with E-state index >= 15 is 0 Å². The normalized spacial score (nSPS) is 21.0. The van der Waals surface area contributed by atoms with Crippen molar-refractivity contribution in [3.63, 3.8) is 0 Å². The standard InChI is InChI=1S/C22H26Cl3NO2/c23-15-12-13-17(18(24)14-15)19-20(25)22(28)26(21(19)27)16-10-8-6-4-2-1-3-5-7-9-11-16/h12-14,16H,1-11H2. The molecule has 6 heteroatoms. The zero-order chi connectivity index (χ0) is 20.1. The van der Waals surface area contributed by atoms with Crippen LogP contribution in [0.25, 0.3) is 5.57 Å². The molecule has 0 radical (unpaired) electrons. The Morgan fingerprint density at radius 2 is 1.29 bits per heavy atom. The average molecular weight is 443 g/mol. The van der Waals surface area contributed by atoms with Crippen LogP contribution < -0.4 is 0 Å². The Kier molecular flexibility index (Phi) is 7.85. The highest BCUT2D eigenvalue weighted by atomic mass is 35.5. The van der Waals surface area contributed by atoms with Crippen molar-refractivity contribution in [3.8, 4) is 0 Å². The van der Waals surface area contributed by atoms with Gasteiger partial charge in [0.2, 0.25) is 0 Å². The maximum atomic E-state index is 13.2. The molecule has 152 valence electrons. The van der Waals surface area contributed by atoms with Crippen molar-refractivity contribution in [2.75, 3.05) is 0 Å². The molecule has 3 nitrogen and oxygen atoms in total. The van der Waals surface area contributed by atoms with Crippen LogP contribution in [0.2, 0.25) is 10.0 Å². The van der Waals surface area contributed by atoms with Gasteiger partial charge >= 0.3 is 0 Å². The Hall–Kier alpha value is -1.03. The van der Waals surface area contributed by atoms with E-state index in [-0.39, 0.29) is 22.6 Å². The lowest BCUT2D eigenvalue weighted by Crippen LogP contribution is -2.41. The number of rotatable bonds is 2. The molecule has 1 aromatic rings. The molecule has 2 amide bonds. The lowest BCUT2D eigenvalue weighted by atomic mass is 9.96. The van der Waals surface area contributed by atoms with Crippen molar-refractivity contribution >= 4 is 52.2 Å². The van der Waals surface area contributed by atoms with Crippen molar-refractivity contribution in [2.45, 2.75) is 76.7 Å². The van der Waals surface area contributed by atoms with Gasteiger partial charge in [-0.3, -0.25) is 14.5 Å². The zero-order valence-electron chi connectivity index (χ0n) is 16.0. The van der Waals surface area contributed by atoms with E-state index in [4.69, 9.17) is 34.8 Å². The molecule has 0 aromatic heterocycles.